The van der Waals surface area contributed by atoms with E-state index in [2.05, 4.69) is 42.5 Å². The van der Waals surface area contributed by atoms with E-state index in [9.17, 15) is 99.3 Å². The predicted molar refractivity (Wildman–Crippen MR) is 444 cm³/mol. The van der Waals surface area contributed by atoms with Gasteiger partial charge in [0.05, 0.1) is 47.7 Å². The number of ether oxygens (including phenoxy) is 7. The van der Waals surface area contributed by atoms with Crippen molar-refractivity contribution in [1.29, 1.82) is 0 Å². The van der Waals surface area contributed by atoms with Crippen molar-refractivity contribution in [2.45, 2.75) is 181 Å². The number of fused-ring (bicyclic) bond motifs is 16. The van der Waals surface area contributed by atoms with Gasteiger partial charge in [-0.15, -0.1) is 23.1 Å². The third kappa shape index (κ3) is 20.9. The molecule has 127 heavy (non-hydrogen) atoms. The number of phenols is 3. The van der Waals surface area contributed by atoms with Gasteiger partial charge in [0.25, 0.3) is 5.91 Å². The summed E-state index contributed by atoms with van der Waals surface area (Å²) in [5.41, 5.74) is 8.21. The number of thioether (sulfide) groups is 1. The number of esters is 1. The number of hydrogen-bond donors (Lipinski definition) is 21. The number of aliphatic hydroxyl groups excluding tert-OH is 6. The van der Waals surface area contributed by atoms with E-state index in [1.54, 1.807) is 0 Å². The highest BCUT2D eigenvalue weighted by atomic mass is 35.5. The third-order valence-electron chi connectivity index (χ3n) is 21.7. The number of rotatable bonds is 19. The second kappa shape index (κ2) is 39.4. The summed E-state index contributed by atoms with van der Waals surface area (Å²) in [6.07, 6.45) is -18.4. The zero-order valence-corrected chi connectivity index (χ0v) is 71.2. The summed E-state index contributed by atoms with van der Waals surface area (Å²) in [4.78, 5) is 166. The number of phenolic OH excluding ortho intramolecular Hbond substituents is 3. The first-order valence-electron chi connectivity index (χ1n) is 39.4. The van der Waals surface area contributed by atoms with Crippen molar-refractivity contribution in [1.82, 2.24) is 47.4 Å². The molecule has 0 saturated carbocycles. The Morgan fingerprint density at radius 3 is 1.95 bits per heavy atom. The van der Waals surface area contributed by atoms with Crippen LogP contribution in [0.4, 0.5) is 0 Å². The zero-order valence-electron chi connectivity index (χ0n) is 68.1. The fourth-order valence-electron chi connectivity index (χ4n) is 15.3. The number of amides is 9. The molecule has 0 aliphatic carbocycles. The van der Waals surface area contributed by atoms with Crippen LogP contribution in [-0.2, 0) is 82.9 Å². The minimum absolute atomic E-state index is 0.0975. The number of hydrogen-bond acceptors (Lipinski definition) is 32. The normalized spacial score (nSPS) is 27.9. The molecule has 0 radical (unpaired) electrons. The smallest absolute Gasteiger partial charge is 0.352 e. The van der Waals surface area contributed by atoms with E-state index in [0.29, 0.717) is 11.3 Å². The number of primary amides is 1. The minimum atomic E-state index is -2.35. The van der Waals surface area contributed by atoms with Gasteiger partial charge in [0.1, 0.15) is 113 Å². The Morgan fingerprint density at radius 2 is 1.36 bits per heavy atom. The van der Waals surface area contributed by atoms with Gasteiger partial charge in [-0.05, 0) is 122 Å². The number of carboxylic acids is 2. The number of nitrogens with two attached hydrogens (primary N) is 2. The van der Waals surface area contributed by atoms with Gasteiger partial charge in [-0.1, -0.05) is 61.3 Å². The van der Waals surface area contributed by atoms with Crippen molar-refractivity contribution in [3.05, 3.63) is 150 Å². The predicted octanol–water partition coefficient (Wildman–Crippen LogP) is 0.698. The van der Waals surface area contributed by atoms with Crippen LogP contribution < -0.4 is 68.2 Å². The first-order valence-corrected chi connectivity index (χ1v) is 42.0. The van der Waals surface area contributed by atoms with Crippen LogP contribution >= 0.6 is 46.3 Å². The summed E-state index contributed by atoms with van der Waals surface area (Å²) in [7, 11) is 1.47. The van der Waals surface area contributed by atoms with Crippen LogP contribution in [0.2, 0.25) is 10.0 Å². The Bertz CT molecular complexity index is 5340. The maximum atomic E-state index is 16.0. The van der Waals surface area contributed by atoms with E-state index in [-0.39, 0.29) is 70.9 Å². The van der Waals surface area contributed by atoms with Crippen LogP contribution in [0, 0.1) is 5.92 Å². The van der Waals surface area contributed by atoms with Crippen LogP contribution in [0.3, 0.4) is 0 Å². The molecular formula is C82H91Cl2N11O30S2. The number of carboxylic acid groups (broad SMARTS) is 2. The molecule has 1 unspecified atom stereocenters. The molecule has 10 heterocycles. The molecule has 3 fully saturated rings. The SMILES string of the molecule is CC(=O)OCC1=C(C(=O)O)N2C(=O)[C@@H](NC(=O)Cc3cccs3)[C@H]2SC1.CN[C@H](CC(C)C)C(=O)N[C@H]1C(=O)N[C@@H](CC(N)=O)C(=O)N[C@H]2C(=O)N[C@H]3C(=O)N[C@H](C(=O)N[C@@H](C(=O)O)c4cc(O)cc(O)c4-c4cc3ccc4O)[C@H](O)c3ccc(c(Cl)c3)Oc3cc2cc(c3O[C@@H]2O[C@H](CO)[C@@H](O)[C@H](O)[C@H]2O[C@H]2C[C@](C)(N)C(O)[C@H](C)O2)Oc2ccc(cc2Cl)[C@H]1O. The molecule has 15 rings (SSSR count). The number of nitrogens with zero attached hydrogens (tertiary/aromatic N) is 1. The Hall–Kier alpha value is -11.5. The van der Waals surface area contributed by atoms with Crippen molar-refractivity contribution < 1.29 is 147 Å². The lowest BCUT2D eigenvalue weighted by Gasteiger charge is -2.49. The second-order valence-corrected chi connectivity index (χ2v) is 34.4. The lowest BCUT2D eigenvalue weighted by Crippen LogP contribution is -2.70. The third-order valence-corrected chi connectivity index (χ3v) is 24.5. The summed E-state index contributed by atoms with van der Waals surface area (Å²) in [5.74, 6) is -18.2. The van der Waals surface area contributed by atoms with E-state index >= 15 is 14.4 Å². The largest absolute Gasteiger partial charge is 0.508 e. The molecule has 11 bridgehead atoms. The molecule has 5 aromatic carbocycles. The van der Waals surface area contributed by atoms with E-state index in [0.717, 1.165) is 76.5 Å². The molecular weight excluding hydrogens is 1750 g/mol. The van der Waals surface area contributed by atoms with Gasteiger partial charge in [-0.25, -0.2) is 9.59 Å². The first kappa shape index (κ1) is 94.6. The van der Waals surface area contributed by atoms with Crippen LogP contribution in [0.1, 0.15) is 117 Å². The van der Waals surface area contributed by atoms with Gasteiger partial charge >= 0.3 is 17.9 Å². The minimum Gasteiger partial charge on any atom is -0.508 e. The Morgan fingerprint density at radius 1 is 0.724 bits per heavy atom. The zero-order chi connectivity index (χ0) is 92.4. The standard InChI is InChI=1S/C66H75Cl2N9O24.C16H16N2O6S2/c1-23(2)12-34(71-5)58(88)76-49-51(83)26-7-10-38(32(67)14-26)97-40-16-28-17-41(55(40)101-65-56(54(86)53(85)42(22-78)99-65)100-44-21-66(4,70)57(87)24(3)96-44)98-39-11-8-27(15-33(39)68)52(84)50-63(93)75-48(64(94)95)31-18-29(79)19-37(81)45(31)30-13-25(6-9-36(30)80)46(60(90)77-50)74-61(91)47(28)73-59(89)35(20-43(69)82)72-62(49)92;1-8(19)24-6-9-7-26-15-12(14(21)18(15)13(9)16(22)23)17-11(20)5-10-3-2-4-25-10/h6-11,13-19,23-24,34-35,42,44,46-54,56-57,65,71,78-81,83-87H,12,20-22,70H2,1-5H3,(H2,69,82)(H,72,92)(H,73,89)(H,74,91)(H,75,93)(H,76,88)(H,77,90)(H,94,95);2-4,12,15H,5-7H2,1H3,(H,17,20)(H,22,23)/t24-,34+,35-,42+,44-,46+,47+,48+,49+,50-,51+,52+,53+,54-,56+,57?,65-,66-;12-,15-/m01/s1. The van der Waals surface area contributed by atoms with E-state index in [1.807, 2.05) is 31.4 Å². The maximum absolute atomic E-state index is 16.0. The fourth-order valence-corrected chi connectivity index (χ4v) is 17.8. The highest BCUT2D eigenvalue weighted by Gasteiger charge is 2.56. The number of halogens is 2. The summed E-state index contributed by atoms with van der Waals surface area (Å²) < 4.78 is 43.2. The van der Waals surface area contributed by atoms with E-state index < -0.39 is 266 Å². The topological polar surface area (TPSA) is 644 Å². The maximum Gasteiger partial charge on any atom is 0.352 e. The molecule has 6 aromatic rings. The van der Waals surface area contributed by atoms with Gasteiger partial charge in [0.2, 0.25) is 59.3 Å². The molecule has 9 amide bonds. The van der Waals surface area contributed by atoms with E-state index in [4.69, 9.17) is 67.8 Å². The molecule has 0 spiro atoms. The summed E-state index contributed by atoms with van der Waals surface area (Å²) >= 11 is 16.9. The number of β-lactam (4-membered cyclic amide) rings is 1. The molecule has 45 heteroatoms. The average Bonchev–Trinajstić information content (AvgIpc) is 1.24. The van der Waals surface area contributed by atoms with Crippen molar-refractivity contribution in [2.75, 3.05) is 26.0 Å². The molecule has 20 atom stereocenters. The van der Waals surface area contributed by atoms with Gasteiger partial charge < -0.3 is 143 Å². The van der Waals surface area contributed by atoms with Crippen LogP contribution in [0.15, 0.2) is 108 Å². The number of aromatic hydroxyl groups is 3. The molecule has 9 aliphatic rings. The van der Waals surface area contributed by atoms with Crippen LogP contribution in [0.25, 0.3) is 11.1 Å². The number of likely N-dealkylation sites (N-methyl/N-ethyl adjacent to an activating group) is 1. The van der Waals surface area contributed by atoms with Gasteiger partial charge in [0, 0.05) is 57.8 Å². The number of nitrogens with one attached hydrogen (secondary N) is 8. The molecule has 680 valence electrons. The van der Waals surface area contributed by atoms with E-state index in [1.165, 1.54) is 63.1 Å². The van der Waals surface area contributed by atoms with Crippen LogP contribution in [0.5, 0.6) is 46.0 Å². The summed E-state index contributed by atoms with van der Waals surface area (Å²) in [5, 5.41) is 144. The first-order chi connectivity index (χ1) is 60.0. The van der Waals surface area contributed by atoms with Crippen molar-refractivity contribution >= 4 is 117 Å². The Balaban J connectivity index is 0.000000479. The van der Waals surface area contributed by atoms with Crippen molar-refractivity contribution in [3.8, 4) is 57.1 Å². The molecule has 23 N–H and O–H groups in total. The number of benzene rings is 5. The molecule has 3 saturated heterocycles. The summed E-state index contributed by atoms with van der Waals surface area (Å²) in [6, 6.07) is 2.25. The fraction of sp³-hybridized carbons (Fsp3) is 0.415. The Kier molecular flexibility index (Phi) is 29.3. The number of carbonyl (C=O) groups is 12. The number of thiophene rings is 1. The highest BCUT2D eigenvalue weighted by molar-refractivity contribution is 8.00. The molecule has 9 aliphatic heterocycles. The second-order valence-electron chi connectivity index (χ2n) is 31.5. The van der Waals surface area contributed by atoms with Crippen molar-refractivity contribution in [2.24, 2.45) is 17.4 Å². The monoisotopic (exact) mass is 1840 g/mol. The summed E-state index contributed by atoms with van der Waals surface area (Å²) in [6.45, 7) is 6.72. The quantitative estimate of drug-likeness (QED) is 0.0392. The van der Waals surface area contributed by atoms with Gasteiger partial charge in [-0.3, -0.25) is 52.8 Å². The van der Waals surface area contributed by atoms with Gasteiger partial charge in [-0.2, -0.15) is 0 Å². The number of carbonyl (C=O) groups excluding carboxylic acids is 10. The lowest BCUT2D eigenvalue weighted by atomic mass is 9.86. The lowest BCUT2D eigenvalue weighted by molar-refractivity contribution is -0.333. The highest BCUT2D eigenvalue weighted by Crippen LogP contribution is 2.51. The van der Waals surface area contributed by atoms with Crippen LogP contribution in [-0.4, -0.2) is 248 Å². The average molecular weight is 1850 g/mol. The Labute approximate surface area is 739 Å². The molecule has 41 nitrogen and oxygen atoms in total. The molecule has 1 aromatic heterocycles. The van der Waals surface area contributed by atoms with Gasteiger partial charge in [0.15, 0.2) is 29.9 Å². The van der Waals surface area contributed by atoms with Crippen molar-refractivity contribution in [3.63, 3.8) is 0 Å². The number of aliphatic hydroxyl groups is 6. The number of aliphatic carboxylic acids is 2.